The molecular weight excluding hydrogens is 367 g/mol. The molecule has 5 heteroatoms. The van der Waals surface area contributed by atoms with Gasteiger partial charge in [0, 0.05) is 50.6 Å². The number of unbranched alkanes of at least 4 members (excludes halogenated alkanes) is 5. The molecule has 3 heterocycles. The van der Waals surface area contributed by atoms with E-state index in [-0.39, 0.29) is 11.6 Å². The van der Waals surface area contributed by atoms with Gasteiger partial charge in [-0.05, 0) is 30.2 Å². The third-order valence-electron chi connectivity index (χ3n) is 6.50. The summed E-state index contributed by atoms with van der Waals surface area (Å²) in [5.74, 6) is -0.479. The molecule has 0 bridgehead atoms. The van der Waals surface area contributed by atoms with Crippen LogP contribution < -0.4 is 0 Å². The zero-order valence-electron chi connectivity index (χ0n) is 17.8. The van der Waals surface area contributed by atoms with E-state index in [4.69, 9.17) is 9.47 Å². The van der Waals surface area contributed by atoms with E-state index in [0.717, 1.165) is 64.2 Å². The van der Waals surface area contributed by atoms with E-state index in [2.05, 4.69) is 22.6 Å². The molecule has 0 amide bonds. The van der Waals surface area contributed by atoms with Crippen LogP contribution in [0.5, 0.6) is 0 Å². The highest BCUT2D eigenvalue weighted by molar-refractivity contribution is 5.84. The van der Waals surface area contributed by atoms with Crippen molar-refractivity contribution in [1.82, 2.24) is 9.47 Å². The number of rotatable bonds is 9. The van der Waals surface area contributed by atoms with Crippen molar-refractivity contribution in [1.29, 1.82) is 0 Å². The number of hydrogen-bond donors (Lipinski definition) is 0. The number of ether oxygens (including phenoxy) is 2. The first-order chi connectivity index (χ1) is 14.2. The van der Waals surface area contributed by atoms with E-state index in [1.807, 2.05) is 6.07 Å². The van der Waals surface area contributed by atoms with Gasteiger partial charge in [0.1, 0.15) is 5.82 Å². The molecule has 2 fully saturated rings. The van der Waals surface area contributed by atoms with E-state index in [0.29, 0.717) is 0 Å². The smallest absolute Gasteiger partial charge is 0.170 e. The van der Waals surface area contributed by atoms with Crippen LogP contribution in [0.2, 0.25) is 0 Å². The highest BCUT2D eigenvalue weighted by Crippen LogP contribution is 2.32. The highest BCUT2D eigenvalue weighted by atomic mass is 19.1. The van der Waals surface area contributed by atoms with Crippen LogP contribution in [-0.2, 0) is 22.6 Å². The van der Waals surface area contributed by atoms with E-state index >= 15 is 0 Å². The lowest BCUT2D eigenvalue weighted by atomic mass is 10.0. The van der Waals surface area contributed by atoms with E-state index in [9.17, 15) is 4.39 Å². The maximum Gasteiger partial charge on any atom is 0.170 e. The molecule has 1 aromatic carbocycles. The molecule has 2 aromatic rings. The average Bonchev–Trinajstić information content (AvgIpc) is 3.31. The zero-order chi connectivity index (χ0) is 20.1. The Morgan fingerprint density at radius 2 is 1.72 bits per heavy atom. The number of aromatic nitrogens is 1. The van der Waals surface area contributed by atoms with Crippen molar-refractivity contribution >= 4 is 10.9 Å². The summed E-state index contributed by atoms with van der Waals surface area (Å²) in [7, 11) is 0. The second-order valence-electron chi connectivity index (χ2n) is 8.66. The summed E-state index contributed by atoms with van der Waals surface area (Å²) in [6, 6.07) is 5.24. The van der Waals surface area contributed by atoms with Gasteiger partial charge in [0.25, 0.3) is 0 Å². The summed E-state index contributed by atoms with van der Waals surface area (Å²) < 4.78 is 27.9. The molecule has 1 spiro atoms. The van der Waals surface area contributed by atoms with E-state index in [1.165, 1.54) is 43.1 Å². The second-order valence-corrected chi connectivity index (χ2v) is 8.66. The van der Waals surface area contributed by atoms with E-state index < -0.39 is 0 Å². The Morgan fingerprint density at radius 3 is 2.48 bits per heavy atom. The van der Waals surface area contributed by atoms with Gasteiger partial charge in [0.15, 0.2) is 5.79 Å². The standard InChI is InChI=1S/C24H35FN2O2/c1-2-3-4-5-6-7-12-27-19-20(22-9-8-21(25)17-23(22)27)18-26-13-10-24(11-14-26)28-15-16-29-24/h8-9,17,19H,2-7,10-16,18H2,1H3. The van der Waals surface area contributed by atoms with E-state index in [1.54, 1.807) is 12.1 Å². The first-order valence-corrected chi connectivity index (χ1v) is 11.5. The van der Waals surface area contributed by atoms with Crippen LogP contribution in [0, 0.1) is 5.82 Å². The number of nitrogens with zero attached hydrogens (tertiary/aromatic N) is 2. The summed E-state index contributed by atoms with van der Waals surface area (Å²) in [6.07, 6.45) is 11.7. The lowest BCUT2D eigenvalue weighted by Gasteiger charge is -2.37. The summed E-state index contributed by atoms with van der Waals surface area (Å²) in [4.78, 5) is 2.48. The third kappa shape index (κ3) is 5.01. The van der Waals surface area contributed by atoms with Crippen molar-refractivity contribution in [2.24, 2.45) is 0 Å². The highest BCUT2D eigenvalue weighted by Gasteiger charge is 2.39. The molecule has 0 aliphatic carbocycles. The SMILES string of the molecule is CCCCCCCCn1cc(CN2CCC3(CC2)OCCO3)c2ccc(F)cc21. The maximum atomic E-state index is 13.9. The summed E-state index contributed by atoms with van der Waals surface area (Å²) in [5.41, 5.74) is 2.33. The average molecular weight is 403 g/mol. The molecule has 4 nitrogen and oxygen atoms in total. The maximum absolute atomic E-state index is 13.9. The molecule has 0 N–H and O–H groups in total. The van der Waals surface area contributed by atoms with Gasteiger partial charge in [-0.15, -0.1) is 0 Å². The Labute approximate surface area is 174 Å². The molecule has 0 radical (unpaired) electrons. The summed E-state index contributed by atoms with van der Waals surface area (Å²) >= 11 is 0. The Balaban J connectivity index is 1.40. The fourth-order valence-electron chi connectivity index (χ4n) is 4.79. The number of likely N-dealkylation sites (tertiary alicyclic amines) is 1. The summed E-state index contributed by atoms with van der Waals surface area (Å²) in [6.45, 7) is 7.52. The van der Waals surface area contributed by atoms with Gasteiger partial charge in [0.2, 0.25) is 0 Å². The van der Waals surface area contributed by atoms with Crippen LogP contribution in [0.1, 0.15) is 63.9 Å². The quantitative estimate of drug-likeness (QED) is 0.520. The molecule has 4 rings (SSSR count). The first kappa shape index (κ1) is 20.8. The minimum Gasteiger partial charge on any atom is -0.347 e. The normalized spacial score (nSPS) is 19.5. The molecule has 0 saturated carbocycles. The predicted molar refractivity (Wildman–Crippen MR) is 114 cm³/mol. The number of fused-ring (bicyclic) bond motifs is 1. The topological polar surface area (TPSA) is 26.6 Å². The largest absolute Gasteiger partial charge is 0.347 e. The molecule has 1 aromatic heterocycles. The van der Waals surface area contributed by atoms with Gasteiger partial charge >= 0.3 is 0 Å². The van der Waals surface area contributed by atoms with Crippen LogP contribution >= 0.6 is 0 Å². The number of hydrogen-bond acceptors (Lipinski definition) is 3. The van der Waals surface area contributed by atoms with Crippen molar-refractivity contribution in [3.63, 3.8) is 0 Å². The first-order valence-electron chi connectivity index (χ1n) is 11.5. The van der Waals surface area contributed by atoms with Crippen LogP contribution in [0.25, 0.3) is 10.9 Å². The molecule has 29 heavy (non-hydrogen) atoms. The lowest BCUT2D eigenvalue weighted by Crippen LogP contribution is -2.44. The molecule has 2 saturated heterocycles. The molecule has 2 aliphatic heterocycles. The van der Waals surface area contributed by atoms with Gasteiger partial charge in [-0.2, -0.15) is 0 Å². The molecule has 0 unspecified atom stereocenters. The van der Waals surface area contributed by atoms with Crippen molar-refractivity contribution in [3.8, 4) is 0 Å². The van der Waals surface area contributed by atoms with Crippen molar-refractivity contribution < 1.29 is 13.9 Å². The van der Waals surface area contributed by atoms with Crippen molar-refractivity contribution in [2.45, 2.75) is 77.2 Å². The van der Waals surface area contributed by atoms with Crippen LogP contribution in [0.15, 0.2) is 24.4 Å². The Morgan fingerprint density at radius 1 is 1.00 bits per heavy atom. The fraction of sp³-hybridized carbons (Fsp3) is 0.667. The molecule has 0 atom stereocenters. The number of piperidine rings is 1. The minimum absolute atomic E-state index is 0.151. The van der Waals surface area contributed by atoms with Gasteiger partial charge in [-0.3, -0.25) is 4.90 Å². The van der Waals surface area contributed by atoms with Gasteiger partial charge < -0.3 is 14.0 Å². The Kier molecular flexibility index (Phi) is 6.88. The molecular formula is C24H35FN2O2. The fourth-order valence-corrected chi connectivity index (χ4v) is 4.79. The van der Waals surface area contributed by atoms with Crippen molar-refractivity contribution in [2.75, 3.05) is 26.3 Å². The monoisotopic (exact) mass is 402 g/mol. The predicted octanol–water partition coefficient (Wildman–Crippen LogP) is 5.48. The lowest BCUT2D eigenvalue weighted by molar-refractivity contribution is -0.185. The number of aryl methyl sites for hydroxylation is 1. The van der Waals surface area contributed by atoms with Crippen LogP contribution in [0.3, 0.4) is 0 Å². The van der Waals surface area contributed by atoms with Crippen molar-refractivity contribution in [3.05, 3.63) is 35.8 Å². The number of benzene rings is 1. The Bertz CT molecular complexity index is 788. The minimum atomic E-state index is -0.328. The molecule has 160 valence electrons. The van der Waals surface area contributed by atoms with Crippen LogP contribution in [-0.4, -0.2) is 41.6 Å². The van der Waals surface area contributed by atoms with Crippen LogP contribution in [0.4, 0.5) is 4.39 Å². The number of halogens is 1. The zero-order valence-corrected chi connectivity index (χ0v) is 17.8. The third-order valence-corrected chi connectivity index (χ3v) is 6.50. The van der Waals surface area contributed by atoms with Gasteiger partial charge in [-0.25, -0.2) is 4.39 Å². The Hall–Kier alpha value is -1.43. The molecule has 2 aliphatic rings. The summed E-state index contributed by atoms with van der Waals surface area (Å²) in [5, 5.41) is 1.19. The van der Waals surface area contributed by atoms with Gasteiger partial charge in [-0.1, -0.05) is 39.0 Å². The second kappa shape index (κ2) is 9.59. The van der Waals surface area contributed by atoms with Gasteiger partial charge in [0.05, 0.1) is 18.7 Å².